The van der Waals surface area contributed by atoms with Crippen molar-refractivity contribution in [1.29, 1.82) is 0 Å². The molecule has 6 heteroatoms. The van der Waals surface area contributed by atoms with E-state index in [4.69, 9.17) is 4.74 Å². The van der Waals surface area contributed by atoms with Crippen LogP contribution in [0, 0.1) is 6.92 Å². The van der Waals surface area contributed by atoms with E-state index in [0.29, 0.717) is 13.2 Å². The average Bonchev–Trinajstić information content (AvgIpc) is 2.42. The number of aryl methyl sites for hydroxylation is 1. The number of hydrogen-bond acceptors (Lipinski definition) is 4. The van der Waals surface area contributed by atoms with Crippen molar-refractivity contribution in [1.82, 2.24) is 5.32 Å². The molecule has 1 rings (SSSR count). The molecule has 0 saturated heterocycles. The number of carbonyl (C=O) groups excluding carboxylic acids is 1. The Labute approximate surface area is 126 Å². The van der Waals surface area contributed by atoms with Gasteiger partial charge in [0.05, 0.1) is 23.4 Å². The van der Waals surface area contributed by atoms with Gasteiger partial charge in [-0.05, 0) is 32.9 Å². The highest BCUT2D eigenvalue weighted by atomic mass is 32.2. The van der Waals surface area contributed by atoms with Crippen LogP contribution in [0.3, 0.4) is 0 Å². The van der Waals surface area contributed by atoms with Gasteiger partial charge in [0.2, 0.25) is 5.91 Å². The summed E-state index contributed by atoms with van der Waals surface area (Å²) in [5.41, 5.74) is 0.997. The summed E-state index contributed by atoms with van der Waals surface area (Å²) in [5.74, 6) is -0.467. The zero-order valence-electron chi connectivity index (χ0n) is 12.8. The average molecular weight is 313 g/mol. The first-order valence-electron chi connectivity index (χ1n) is 6.99. The van der Waals surface area contributed by atoms with E-state index >= 15 is 0 Å². The Hall–Kier alpha value is -1.40. The topological polar surface area (TPSA) is 72.5 Å². The molecule has 1 aromatic carbocycles. The summed E-state index contributed by atoms with van der Waals surface area (Å²) in [7, 11) is -3.41. The van der Waals surface area contributed by atoms with E-state index in [1.54, 1.807) is 24.3 Å². The molecule has 0 unspecified atom stereocenters. The van der Waals surface area contributed by atoms with E-state index in [2.05, 4.69) is 5.32 Å². The van der Waals surface area contributed by atoms with Crippen LogP contribution in [0.2, 0.25) is 0 Å². The predicted molar refractivity (Wildman–Crippen MR) is 81.9 cm³/mol. The monoisotopic (exact) mass is 313 g/mol. The van der Waals surface area contributed by atoms with Gasteiger partial charge in [0.1, 0.15) is 0 Å². The summed E-state index contributed by atoms with van der Waals surface area (Å²) in [4.78, 5) is 11.8. The number of carbonyl (C=O) groups is 1. The molecule has 0 fully saturated rings. The van der Waals surface area contributed by atoms with Crippen molar-refractivity contribution in [3.63, 3.8) is 0 Å². The predicted octanol–water partition coefficient (Wildman–Crippen LogP) is 1.70. The summed E-state index contributed by atoms with van der Waals surface area (Å²) in [6, 6.07) is 6.63. The zero-order valence-corrected chi connectivity index (χ0v) is 13.6. The van der Waals surface area contributed by atoms with Crippen molar-refractivity contribution >= 4 is 15.7 Å². The van der Waals surface area contributed by atoms with Crippen LogP contribution in [0.5, 0.6) is 0 Å². The van der Waals surface area contributed by atoms with E-state index in [1.165, 1.54) is 0 Å². The SMILES string of the molecule is Cc1ccc(S(=O)(=O)CCC(=O)NCCOC(C)C)cc1. The molecule has 0 atom stereocenters. The largest absolute Gasteiger partial charge is 0.377 e. The first-order valence-corrected chi connectivity index (χ1v) is 8.64. The van der Waals surface area contributed by atoms with Crippen LogP contribution in [0.1, 0.15) is 25.8 Å². The number of hydrogen-bond donors (Lipinski definition) is 1. The van der Waals surface area contributed by atoms with Gasteiger partial charge in [0, 0.05) is 13.0 Å². The van der Waals surface area contributed by atoms with Crippen LogP contribution in [0.4, 0.5) is 0 Å². The van der Waals surface area contributed by atoms with Crippen molar-refractivity contribution in [2.24, 2.45) is 0 Å². The van der Waals surface area contributed by atoms with Crippen LogP contribution in [-0.4, -0.2) is 39.3 Å². The molecule has 0 aliphatic carbocycles. The minimum Gasteiger partial charge on any atom is -0.377 e. The summed E-state index contributed by atoms with van der Waals surface area (Å²) < 4.78 is 29.4. The van der Waals surface area contributed by atoms with Crippen LogP contribution in [-0.2, 0) is 19.4 Å². The highest BCUT2D eigenvalue weighted by molar-refractivity contribution is 7.91. The molecule has 0 aliphatic heterocycles. The molecule has 0 aromatic heterocycles. The van der Waals surface area contributed by atoms with Crippen molar-refractivity contribution < 1.29 is 17.9 Å². The normalized spacial score (nSPS) is 11.6. The van der Waals surface area contributed by atoms with E-state index in [-0.39, 0.29) is 29.1 Å². The van der Waals surface area contributed by atoms with Gasteiger partial charge < -0.3 is 10.1 Å². The second kappa shape index (κ2) is 8.14. The number of benzene rings is 1. The minimum absolute atomic E-state index is 0.0438. The van der Waals surface area contributed by atoms with Gasteiger partial charge in [-0.25, -0.2) is 8.42 Å². The maximum Gasteiger partial charge on any atom is 0.221 e. The lowest BCUT2D eigenvalue weighted by Crippen LogP contribution is -2.29. The second-order valence-corrected chi connectivity index (χ2v) is 7.26. The van der Waals surface area contributed by atoms with Crippen LogP contribution >= 0.6 is 0 Å². The third-order valence-corrected chi connectivity index (χ3v) is 4.59. The Morgan fingerprint density at radius 2 is 1.86 bits per heavy atom. The number of rotatable bonds is 8. The molecule has 0 bridgehead atoms. The molecule has 0 spiro atoms. The fraction of sp³-hybridized carbons (Fsp3) is 0.533. The molecule has 5 nitrogen and oxygen atoms in total. The molecule has 0 aliphatic rings. The van der Waals surface area contributed by atoms with Crippen molar-refractivity contribution in [2.75, 3.05) is 18.9 Å². The Morgan fingerprint density at radius 1 is 1.24 bits per heavy atom. The molecule has 1 aromatic rings. The molecule has 21 heavy (non-hydrogen) atoms. The minimum atomic E-state index is -3.41. The molecule has 1 N–H and O–H groups in total. The molecular formula is C15H23NO4S. The first-order chi connectivity index (χ1) is 9.81. The van der Waals surface area contributed by atoms with Gasteiger partial charge in [-0.1, -0.05) is 17.7 Å². The fourth-order valence-electron chi connectivity index (χ4n) is 1.66. The van der Waals surface area contributed by atoms with Crippen LogP contribution in [0.25, 0.3) is 0 Å². The Balaban J connectivity index is 2.39. The van der Waals surface area contributed by atoms with Crippen LogP contribution < -0.4 is 5.32 Å². The molecule has 1 amide bonds. The zero-order chi connectivity index (χ0) is 15.9. The molecule has 0 saturated carbocycles. The highest BCUT2D eigenvalue weighted by Gasteiger charge is 2.16. The Kier molecular flexibility index (Phi) is 6.84. The smallest absolute Gasteiger partial charge is 0.221 e. The summed E-state index contributed by atoms with van der Waals surface area (Å²) in [5, 5.41) is 2.64. The number of nitrogens with one attached hydrogen (secondary N) is 1. The molecule has 0 heterocycles. The number of amides is 1. The Morgan fingerprint density at radius 3 is 2.43 bits per heavy atom. The van der Waals surface area contributed by atoms with Crippen molar-refractivity contribution in [2.45, 2.75) is 38.2 Å². The second-order valence-electron chi connectivity index (χ2n) is 5.15. The number of sulfone groups is 1. The van der Waals surface area contributed by atoms with Crippen LogP contribution in [0.15, 0.2) is 29.2 Å². The van der Waals surface area contributed by atoms with Gasteiger partial charge in [0.25, 0.3) is 0 Å². The fourth-order valence-corrected chi connectivity index (χ4v) is 2.90. The van der Waals surface area contributed by atoms with Gasteiger partial charge in [-0.3, -0.25) is 4.79 Å². The lowest BCUT2D eigenvalue weighted by molar-refractivity contribution is -0.121. The lowest BCUT2D eigenvalue weighted by Gasteiger charge is -2.09. The Bertz CT molecular complexity index is 550. The van der Waals surface area contributed by atoms with Crippen molar-refractivity contribution in [3.05, 3.63) is 29.8 Å². The third kappa shape index (κ3) is 6.73. The van der Waals surface area contributed by atoms with Gasteiger partial charge in [-0.2, -0.15) is 0 Å². The van der Waals surface area contributed by atoms with Crippen molar-refractivity contribution in [3.8, 4) is 0 Å². The molecular weight excluding hydrogens is 290 g/mol. The third-order valence-electron chi connectivity index (χ3n) is 2.85. The summed E-state index contributed by atoms with van der Waals surface area (Å²) >= 11 is 0. The van der Waals surface area contributed by atoms with E-state index in [0.717, 1.165) is 5.56 Å². The summed E-state index contributed by atoms with van der Waals surface area (Å²) in [6.45, 7) is 6.53. The maximum absolute atomic E-state index is 12.1. The lowest BCUT2D eigenvalue weighted by atomic mass is 10.2. The van der Waals surface area contributed by atoms with Gasteiger partial charge in [0.15, 0.2) is 9.84 Å². The highest BCUT2D eigenvalue weighted by Crippen LogP contribution is 2.12. The van der Waals surface area contributed by atoms with E-state index < -0.39 is 9.84 Å². The van der Waals surface area contributed by atoms with Gasteiger partial charge in [-0.15, -0.1) is 0 Å². The first kappa shape index (κ1) is 17.7. The van der Waals surface area contributed by atoms with E-state index in [9.17, 15) is 13.2 Å². The van der Waals surface area contributed by atoms with Gasteiger partial charge >= 0.3 is 0 Å². The summed E-state index contributed by atoms with van der Waals surface area (Å²) in [6.07, 6.45) is 0.0709. The number of ether oxygens (including phenoxy) is 1. The molecule has 118 valence electrons. The maximum atomic E-state index is 12.1. The van der Waals surface area contributed by atoms with E-state index in [1.807, 2.05) is 20.8 Å². The quantitative estimate of drug-likeness (QED) is 0.741. The standard InChI is InChI=1S/C15H23NO4S/c1-12(2)20-10-9-16-15(17)8-11-21(18,19)14-6-4-13(3)5-7-14/h4-7,12H,8-11H2,1-3H3,(H,16,17). The molecule has 0 radical (unpaired) electrons.